The van der Waals surface area contributed by atoms with E-state index in [0.717, 1.165) is 27.8 Å². The molecule has 0 bridgehead atoms. The molecule has 4 rings (SSSR count). The quantitative estimate of drug-likeness (QED) is 0.308. The Kier molecular flexibility index (Phi) is 9.33. The van der Waals surface area contributed by atoms with Gasteiger partial charge in [-0.2, -0.15) is 0 Å². The van der Waals surface area contributed by atoms with Gasteiger partial charge in [0, 0.05) is 5.92 Å². The molecule has 0 heterocycles. The number of carbonyl (C=O) groups excluding carboxylic acids is 2. The number of ether oxygens (including phenoxy) is 2. The first-order valence-corrected chi connectivity index (χ1v) is 13.2. The minimum absolute atomic E-state index is 0.0844. The Labute approximate surface area is 228 Å². The van der Waals surface area contributed by atoms with Crippen molar-refractivity contribution in [3.05, 3.63) is 95.6 Å². The van der Waals surface area contributed by atoms with Crippen LogP contribution in [0.3, 0.4) is 0 Å². The summed E-state index contributed by atoms with van der Waals surface area (Å²) >= 11 is 0. The molecule has 0 saturated heterocycles. The molecule has 3 N–H and O–H groups in total. The lowest BCUT2D eigenvalue weighted by molar-refractivity contribution is -0.143. The van der Waals surface area contributed by atoms with Crippen molar-refractivity contribution >= 4 is 18.0 Å². The maximum Gasteiger partial charge on any atom is 0.407 e. The monoisotopic (exact) mass is 530 g/mol. The average Bonchev–Trinajstić information content (AvgIpc) is 3.27. The van der Waals surface area contributed by atoms with Crippen molar-refractivity contribution in [2.75, 3.05) is 6.61 Å². The van der Waals surface area contributed by atoms with Crippen LogP contribution in [0.25, 0.3) is 11.1 Å². The highest BCUT2D eigenvalue weighted by atomic mass is 16.5. The van der Waals surface area contributed by atoms with Crippen LogP contribution in [0.4, 0.5) is 4.79 Å². The lowest BCUT2D eigenvalue weighted by Crippen LogP contribution is -2.56. The van der Waals surface area contributed by atoms with Gasteiger partial charge in [-0.25, -0.2) is 9.59 Å². The predicted molar refractivity (Wildman–Crippen MR) is 147 cm³/mol. The third-order valence-electron chi connectivity index (χ3n) is 6.92. The number of hydrogen-bond acceptors (Lipinski definition) is 5. The Morgan fingerprint density at radius 2 is 1.46 bits per heavy atom. The molecule has 0 spiro atoms. The highest BCUT2D eigenvalue weighted by Crippen LogP contribution is 2.44. The molecule has 0 aliphatic heterocycles. The van der Waals surface area contributed by atoms with E-state index >= 15 is 0 Å². The molecule has 8 nitrogen and oxygen atoms in total. The van der Waals surface area contributed by atoms with Crippen LogP contribution in [0.2, 0.25) is 0 Å². The largest absolute Gasteiger partial charge is 0.480 e. The molecule has 8 heteroatoms. The van der Waals surface area contributed by atoms with Crippen molar-refractivity contribution in [3.63, 3.8) is 0 Å². The highest BCUT2D eigenvalue weighted by Gasteiger charge is 2.33. The zero-order chi connectivity index (χ0) is 27.8. The van der Waals surface area contributed by atoms with Gasteiger partial charge in [0.05, 0.1) is 12.7 Å². The molecule has 3 atom stereocenters. The number of nitrogens with one attached hydrogen (secondary N) is 2. The normalized spacial score (nSPS) is 14.4. The Hall–Kier alpha value is -4.17. The minimum Gasteiger partial charge on any atom is -0.480 e. The van der Waals surface area contributed by atoms with Gasteiger partial charge in [-0.15, -0.1) is 0 Å². The molecule has 1 aliphatic carbocycles. The summed E-state index contributed by atoms with van der Waals surface area (Å²) in [6.45, 7) is 3.79. The number of benzene rings is 3. The van der Waals surface area contributed by atoms with Gasteiger partial charge in [-0.3, -0.25) is 4.79 Å². The molecule has 1 aliphatic rings. The number of carboxylic acids is 1. The SMILES string of the molecule is CCCC(NC(=O)C(NC(=O)OCC1c2ccccc2-c2ccccc21)C(C)OCc1ccccc1)C(=O)O. The van der Waals surface area contributed by atoms with Crippen molar-refractivity contribution < 1.29 is 29.0 Å². The van der Waals surface area contributed by atoms with Crippen LogP contribution in [0, 0.1) is 0 Å². The molecule has 0 aromatic heterocycles. The number of rotatable bonds is 12. The predicted octanol–water partition coefficient (Wildman–Crippen LogP) is 4.87. The molecule has 3 aromatic rings. The number of fused-ring (bicyclic) bond motifs is 3. The fourth-order valence-electron chi connectivity index (χ4n) is 4.87. The van der Waals surface area contributed by atoms with Crippen LogP contribution in [-0.4, -0.2) is 47.9 Å². The fourth-order valence-corrected chi connectivity index (χ4v) is 4.87. The van der Waals surface area contributed by atoms with E-state index in [1.807, 2.05) is 73.7 Å². The van der Waals surface area contributed by atoms with Crippen molar-refractivity contribution in [1.82, 2.24) is 10.6 Å². The van der Waals surface area contributed by atoms with E-state index in [-0.39, 0.29) is 25.6 Å². The zero-order valence-corrected chi connectivity index (χ0v) is 22.1. The summed E-state index contributed by atoms with van der Waals surface area (Å²) < 4.78 is 11.5. The van der Waals surface area contributed by atoms with Crippen LogP contribution in [0.1, 0.15) is 49.3 Å². The summed E-state index contributed by atoms with van der Waals surface area (Å²) in [5, 5.41) is 14.7. The summed E-state index contributed by atoms with van der Waals surface area (Å²) in [6, 6.07) is 23.2. The average molecular weight is 531 g/mol. The summed E-state index contributed by atoms with van der Waals surface area (Å²) in [5.74, 6) is -1.92. The van der Waals surface area contributed by atoms with Crippen LogP contribution >= 0.6 is 0 Å². The third kappa shape index (κ3) is 6.83. The topological polar surface area (TPSA) is 114 Å². The van der Waals surface area contributed by atoms with Crippen molar-refractivity contribution in [2.24, 2.45) is 0 Å². The molecule has 0 fully saturated rings. The molecule has 0 saturated carbocycles. The molecular formula is C31H34N2O6. The van der Waals surface area contributed by atoms with Crippen LogP contribution in [0.5, 0.6) is 0 Å². The summed E-state index contributed by atoms with van der Waals surface area (Å²) in [5.41, 5.74) is 5.27. The Bertz CT molecular complexity index is 1250. The van der Waals surface area contributed by atoms with Crippen LogP contribution in [0.15, 0.2) is 78.9 Å². The first kappa shape index (κ1) is 27.9. The second kappa shape index (κ2) is 13.1. The van der Waals surface area contributed by atoms with Gasteiger partial charge in [0.1, 0.15) is 18.7 Å². The molecular weight excluding hydrogens is 496 g/mol. The van der Waals surface area contributed by atoms with Crippen molar-refractivity contribution in [1.29, 1.82) is 0 Å². The highest BCUT2D eigenvalue weighted by molar-refractivity contribution is 5.89. The van der Waals surface area contributed by atoms with E-state index in [2.05, 4.69) is 22.8 Å². The smallest absolute Gasteiger partial charge is 0.407 e. The zero-order valence-electron chi connectivity index (χ0n) is 22.1. The second-order valence-electron chi connectivity index (χ2n) is 9.64. The van der Waals surface area contributed by atoms with Gasteiger partial charge in [-0.05, 0) is 41.2 Å². The van der Waals surface area contributed by atoms with E-state index in [1.54, 1.807) is 6.92 Å². The minimum atomic E-state index is -1.16. The molecule has 2 amide bonds. The van der Waals surface area contributed by atoms with Gasteiger partial charge in [0.2, 0.25) is 5.91 Å². The molecule has 39 heavy (non-hydrogen) atoms. The summed E-state index contributed by atoms with van der Waals surface area (Å²) in [6.07, 6.45) is -0.712. The standard InChI is InChI=1S/C31H34N2O6/c1-3-11-27(30(35)36)32-29(34)28(20(2)38-18-21-12-5-4-6-13-21)33-31(37)39-19-26-24-16-9-7-14-22(24)23-15-8-10-17-25(23)26/h4-10,12-17,20,26-28H,3,11,18-19H2,1-2H3,(H,32,34)(H,33,37)(H,35,36). The fraction of sp³-hybridized carbons (Fsp3) is 0.323. The van der Waals surface area contributed by atoms with E-state index in [1.165, 1.54) is 0 Å². The molecule has 0 radical (unpaired) electrons. The van der Waals surface area contributed by atoms with Gasteiger partial charge < -0.3 is 25.2 Å². The number of carbonyl (C=O) groups is 3. The lowest BCUT2D eigenvalue weighted by atomic mass is 9.98. The second-order valence-corrected chi connectivity index (χ2v) is 9.64. The first-order valence-electron chi connectivity index (χ1n) is 13.2. The number of aliphatic carboxylic acids is 1. The molecule has 3 unspecified atom stereocenters. The van der Waals surface area contributed by atoms with Crippen LogP contribution in [-0.2, 0) is 25.7 Å². The van der Waals surface area contributed by atoms with E-state index in [4.69, 9.17) is 9.47 Å². The molecule has 204 valence electrons. The van der Waals surface area contributed by atoms with E-state index in [0.29, 0.717) is 6.42 Å². The Balaban J connectivity index is 1.45. The van der Waals surface area contributed by atoms with Gasteiger partial charge in [0.15, 0.2) is 0 Å². The number of hydrogen-bond donors (Lipinski definition) is 3. The number of amides is 2. The van der Waals surface area contributed by atoms with Crippen molar-refractivity contribution in [2.45, 2.75) is 57.4 Å². The maximum absolute atomic E-state index is 13.2. The van der Waals surface area contributed by atoms with Gasteiger partial charge >= 0.3 is 12.1 Å². The van der Waals surface area contributed by atoms with Crippen LogP contribution < -0.4 is 10.6 Å². The van der Waals surface area contributed by atoms with Gasteiger partial charge in [-0.1, -0.05) is 92.2 Å². The molecule has 3 aromatic carbocycles. The lowest BCUT2D eigenvalue weighted by Gasteiger charge is -2.26. The third-order valence-corrected chi connectivity index (χ3v) is 6.92. The Morgan fingerprint density at radius 1 is 0.872 bits per heavy atom. The van der Waals surface area contributed by atoms with Gasteiger partial charge in [0.25, 0.3) is 0 Å². The first-order chi connectivity index (χ1) is 18.9. The van der Waals surface area contributed by atoms with E-state index < -0.39 is 36.2 Å². The Morgan fingerprint density at radius 3 is 2.05 bits per heavy atom. The number of carboxylic acid groups (broad SMARTS) is 1. The summed E-state index contributed by atoms with van der Waals surface area (Å²) in [4.78, 5) is 37.8. The number of alkyl carbamates (subject to hydrolysis) is 1. The van der Waals surface area contributed by atoms with Crippen molar-refractivity contribution in [3.8, 4) is 11.1 Å². The maximum atomic E-state index is 13.2. The van der Waals surface area contributed by atoms with E-state index in [9.17, 15) is 19.5 Å². The summed E-state index contributed by atoms with van der Waals surface area (Å²) in [7, 11) is 0.